The van der Waals surface area contributed by atoms with Gasteiger partial charge in [0.1, 0.15) is 0 Å². The van der Waals surface area contributed by atoms with E-state index in [1.807, 2.05) is 0 Å². The van der Waals surface area contributed by atoms with Crippen molar-refractivity contribution >= 4 is 6.03 Å². The predicted molar refractivity (Wildman–Crippen MR) is 86.7 cm³/mol. The molecule has 2 aliphatic carbocycles. The van der Waals surface area contributed by atoms with Gasteiger partial charge in [-0.05, 0) is 61.6 Å². The first-order valence-corrected chi connectivity index (χ1v) is 8.43. The van der Waals surface area contributed by atoms with Crippen LogP contribution in [0.1, 0.15) is 38.2 Å². The molecule has 2 N–H and O–H groups in total. The first kappa shape index (κ1) is 16.1. The third-order valence-corrected chi connectivity index (χ3v) is 5.46. The van der Waals surface area contributed by atoms with Crippen molar-refractivity contribution in [3.8, 4) is 5.75 Å². The minimum atomic E-state index is -0.414. The molecule has 2 bridgehead atoms. The van der Waals surface area contributed by atoms with Gasteiger partial charge in [-0.25, -0.2) is 9.18 Å². The van der Waals surface area contributed by atoms with Crippen molar-refractivity contribution in [1.29, 1.82) is 0 Å². The van der Waals surface area contributed by atoms with E-state index in [2.05, 4.69) is 17.6 Å². The van der Waals surface area contributed by atoms with Gasteiger partial charge in [0.2, 0.25) is 0 Å². The van der Waals surface area contributed by atoms with E-state index in [1.54, 1.807) is 12.1 Å². The Kier molecular flexibility index (Phi) is 4.74. The third-order valence-electron chi connectivity index (χ3n) is 5.46. The van der Waals surface area contributed by atoms with Gasteiger partial charge >= 0.3 is 6.03 Å². The van der Waals surface area contributed by atoms with Gasteiger partial charge in [-0.3, -0.25) is 0 Å². The van der Waals surface area contributed by atoms with Crippen LogP contribution in [0.2, 0.25) is 0 Å². The molecule has 5 heteroatoms. The van der Waals surface area contributed by atoms with Crippen LogP contribution in [-0.4, -0.2) is 19.2 Å². The van der Waals surface area contributed by atoms with E-state index in [-0.39, 0.29) is 17.8 Å². The average Bonchev–Trinajstić information content (AvgIpc) is 3.16. The number of halogens is 1. The molecule has 4 atom stereocenters. The van der Waals surface area contributed by atoms with E-state index in [9.17, 15) is 9.18 Å². The zero-order chi connectivity index (χ0) is 16.4. The van der Waals surface area contributed by atoms with E-state index in [0.29, 0.717) is 18.0 Å². The monoisotopic (exact) mass is 320 g/mol. The van der Waals surface area contributed by atoms with Gasteiger partial charge in [-0.15, -0.1) is 0 Å². The van der Waals surface area contributed by atoms with Gasteiger partial charge < -0.3 is 15.4 Å². The average molecular weight is 320 g/mol. The first-order chi connectivity index (χ1) is 11.1. The van der Waals surface area contributed by atoms with E-state index < -0.39 is 5.82 Å². The number of methoxy groups -OCH3 is 1. The van der Waals surface area contributed by atoms with Crippen LogP contribution < -0.4 is 15.4 Å². The van der Waals surface area contributed by atoms with Crippen LogP contribution in [0.5, 0.6) is 5.75 Å². The molecule has 2 saturated carbocycles. The maximum atomic E-state index is 13.6. The molecule has 1 aromatic carbocycles. The smallest absolute Gasteiger partial charge is 0.315 e. The lowest BCUT2D eigenvalue weighted by molar-refractivity contribution is 0.220. The Morgan fingerprint density at radius 3 is 2.83 bits per heavy atom. The van der Waals surface area contributed by atoms with Crippen molar-refractivity contribution < 1.29 is 13.9 Å². The molecular weight excluding hydrogens is 295 g/mol. The summed E-state index contributed by atoms with van der Waals surface area (Å²) in [6.45, 7) is 2.40. The van der Waals surface area contributed by atoms with Crippen LogP contribution in [0.3, 0.4) is 0 Å². The van der Waals surface area contributed by atoms with Gasteiger partial charge in [0.05, 0.1) is 7.11 Å². The maximum Gasteiger partial charge on any atom is 0.315 e. The summed E-state index contributed by atoms with van der Waals surface area (Å²) < 4.78 is 18.5. The summed E-state index contributed by atoms with van der Waals surface area (Å²) in [6, 6.07) is 4.72. The Bertz CT molecular complexity index is 578. The summed E-state index contributed by atoms with van der Waals surface area (Å²) in [6.07, 6.45) is 5.26. The fraction of sp³-hybridized carbons (Fsp3) is 0.611. The van der Waals surface area contributed by atoms with Crippen molar-refractivity contribution in [2.45, 2.75) is 45.2 Å². The second-order valence-electron chi connectivity index (χ2n) is 6.92. The summed E-state index contributed by atoms with van der Waals surface area (Å²) in [4.78, 5) is 12.1. The fourth-order valence-corrected chi connectivity index (χ4v) is 4.27. The lowest BCUT2D eigenvalue weighted by Crippen LogP contribution is -2.45. The number of hydrogen-bond acceptors (Lipinski definition) is 2. The molecule has 23 heavy (non-hydrogen) atoms. The predicted octanol–water partition coefficient (Wildman–Crippen LogP) is 3.46. The second-order valence-corrected chi connectivity index (χ2v) is 6.92. The highest BCUT2D eigenvalue weighted by Gasteiger charge is 2.42. The normalized spacial score (nSPS) is 26.8. The minimum absolute atomic E-state index is 0.184. The summed E-state index contributed by atoms with van der Waals surface area (Å²) in [5.41, 5.74) is 0.714. The van der Waals surface area contributed by atoms with E-state index in [0.717, 1.165) is 11.8 Å². The number of hydrogen-bond donors (Lipinski definition) is 2. The van der Waals surface area contributed by atoms with Crippen molar-refractivity contribution in [3.05, 3.63) is 29.6 Å². The Labute approximate surface area is 136 Å². The Balaban J connectivity index is 1.47. The Hall–Kier alpha value is -1.78. The number of benzene rings is 1. The molecule has 0 aliphatic heterocycles. The van der Waals surface area contributed by atoms with Crippen LogP contribution in [0.4, 0.5) is 9.18 Å². The Morgan fingerprint density at radius 1 is 1.39 bits per heavy atom. The van der Waals surface area contributed by atoms with Crippen LogP contribution >= 0.6 is 0 Å². The molecule has 0 spiro atoms. The van der Waals surface area contributed by atoms with Crippen molar-refractivity contribution in [2.75, 3.05) is 7.11 Å². The van der Waals surface area contributed by atoms with Crippen LogP contribution in [-0.2, 0) is 6.54 Å². The van der Waals surface area contributed by atoms with Crippen molar-refractivity contribution in [3.63, 3.8) is 0 Å². The van der Waals surface area contributed by atoms with Crippen molar-refractivity contribution in [1.82, 2.24) is 10.6 Å². The first-order valence-electron chi connectivity index (χ1n) is 8.43. The SMILES string of the molecule is COc1ccc(CNC(=O)NC(C)C2CC3CCC2C3)cc1F. The molecule has 0 radical (unpaired) electrons. The number of urea groups is 1. The molecule has 126 valence electrons. The Morgan fingerprint density at radius 2 is 2.22 bits per heavy atom. The molecular formula is C18H25FN2O2. The highest BCUT2D eigenvalue weighted by molar-refractivity contribution is 5.74. The lowest BCUT2D eigenvalue weighted by Gasteiger charge is -2.28. The number of fused-ring (bicyclic) bond motifs is 2. The topological polar surface area (TPSA) is 50.4 Å². The lowest BCUT2D eigenvalue weighted by atomic mass is 9.84. The van der Waals surface area contributed by atoms with Crippen LogP contribution in [0.15, 0.2) is 18.2 Å². The standard InChI is InChI=1S/C18H25FN2O2/c1-11(15-8-12-3-5-14(15)7-12)21-18(22)20-10-13-4-6-17(23-2)16(19)9-13/h4,6,9,11-12,14-15H,3,5,7-8,10H2,1-2H3,(H2,20,21,22). The molecule has 0 aromatic heterocycles. The zero-order valence-corrected chi connectivity index (χ0v) is 13.8. The van der Waals surface area contributed by atoms with Crippen molar-refractivity contribution in [2.24, 2.45) is 17.8 Å². The molecule has 0 heterocycles. The van der Waals surface area contributed by atoms with Gasteiger partial charge in [0.25, 0.3) is 0 Å². The molecule has 2 fully saturated rings. The quantitative estimate of drug-likeness (QED) is 0.873. The van der Waals surface area contributed by atoms with Gasteiger partial charge in [0.15, 0.2) is 11.6 Å². The van der Waals surface area contributed by atoms with E-state index in [4.69, 9.17) is 4.74 Å². The fourth-order valence-electron chi connectivity index (χ4n) is 4.27. The molecule has 2 amide bonds. The number of amides is 2. The minimum Gasteiger partial charge on any atom is -0.494 e. The van der Waals surface area contributed by atoms with E-state index >= 15 is 0 Å². The molecule has 4 nitrogen and oxygen atoms in total. The number of carbonyl (C=O) groups excluding carboxylic acids is 1. The summed E-state index contributed by atoms with van der Waals surface area (Å²) >= 11 is 0. The number of ether oxygens (including phenoxy) is 1. The van der Waals surface area contributed by atoms with Crippen LogP contribution in [0, 0.1) is 23.6 Å². The number of nitrogens with one attached hydrogen (secondary N) is 2. The molecule has 2 aliphatic rings. The molecule has 0 saturated heterocycles. The zero-order valence-electron chi connectivity index (χ0n) is 13.8. The largest absolute Gasteiger partial charge is 0.494 e. The van der Waals surface area contributed by atoms with E-state index in [1.165, 1.54) is 38.9 Å². The van der Waals surface area contributed by atoms with Crippen LogP contribution in [0.25, 0.3) is 0 Å². The highest BCUT2D eigenvalue weighted by atomic mass is 19.1. The molecule has 3 rings (SSSR count). The summed E-state index contributed by atoms with van der Waals surface area (Å²) in [5.74, 6) is 2.06. The summed E-state index contributed by atoms with van der Waals surface area (Å²) in [7, 11) is 1.43. The third kappa shape index (κ3) is 3.59. The summed E-state index contributed by atoms with van der Waals surface area (Å²) in [5, 5.41) is 5.85. The number of rotatable bonds is 5. The molecule has 4 unspecified atom stereocenters. The maximum absolute atomic E-state index is 13.6. The van der Waals surface area contributed by atoms with Gasteiger partial charge in [-0.1, -0.05) is 12.5 Å². The number of carbonyl (C=O) groups is 1. The second kappa shape index (κ2) is 6.77. The van der Waals surface area contributed by atoms with Gasteiger partial charge in [0, 0.05) is 12.6 Å². The highest BCUT2D eigenvalue weighted by Crippen LogP contribution is 2.49. The molecule has 1 aromatic rings. The van der Waals surface area contributed by atoms with Gasteiger partial charge in [-0.2, -0.15) is 0 Å².